The van der Waals surface area contributed by atoms with Gasteiger partial charge in [0, 0.05) is 18.2 Å². The molecule has 1 aliphatic rings. The molecule has 7 heteroatoms. The molecule has 1 saturated carbocycles. The highest BCUT2D eigenvalue weighted by atomic mass is 35.5. The molecule has 0 bridgehead atoms. The third-order valence-electron chi connectivity index (χ3n) is 3.79. The Kier molecular flexibility index (Phi) is 4.13. The van der Waals surface area contributed by atoms with Crippen LogP contribution in [0, 0.1) is 16.0 Å². The lowest BCUT2D eigenvalue weighted by Gasteiger charge is -2.31. The highest BCUT2D eigenvalue weighted by molar-refractivity contribution is 6.34. The molecule has 1 fully saturated rings. The van der Waals surface area contributed by atoms with E-state index >= 15 is 0 Å². The number of nitrogens with one attached hydrogen (secondary N) is 1. The molecular weight excluding hydrogens is 282 g/mol. The normalized spacial score (nSPS) is 16.3. The minimum Gasteiger partial charge on any atom is -0.397 e. The average molecular weight is 298 g/mol. The lowest BCUT2D eigenvalue weighted by atomic mass is 9.80. The van der Waals surface area contributed by atoms with E-state index in [4.69, 9.17) is 17.3 Å². The van der Waals surface area contributed by atoms with Gasteiger partial charge in [-0.25, -0.2) is 0 Å². The smallest absolute Gasteiger partial charge is 0.271 e. The van der Waals surface area contributed by atoms with Crippen molar-refractivity contribution in [1.29, 1.82) is 0 Å². The quantitative estimate of drug-likeness (QED) is 0.507. The second-order valence-electron chi connectivity index (χ2n) is 5.10. The molecule has 3 N–H and O–H groups in total. The molecule has 0 radical (unpaired) electrons. The van der Waals surface area contributed by atoms with Crippen LogP contribution in [0.3, 0.4) is 0 Å². The maximum atomic E-state index is 12.2. The van der Waals surface area contributed by atoms with Crippen LogP contribution in [0.2, 0.25) is 5.02 Å². The Balaban J connectivity index is 2.21. The molecule has 6 nitrogen and oxygen atoms in total. The van der Waals surface area contributed by atoms with Gasteiger partial charge >= 0.3 is 0 Å². The van der Waals surface area contributed by atoms with Crippen LogP contribution in [0.5, 0.6) is 0 Å². The molecule has 0 aliphatic heterocycles. The SMILES string of the molecule is CC(NC(=O)c1cc([N+](=O)[O-])cc(Cl)c1N)C1CCC1. The van der Waals surface area contributed by atoms with E-state index in [1.807, 2.05) is 6.92 Å². The number of hydrogen-bond donors (Lipinski definition) is 2. The number of rotatable bonds is 4. The van der Waals surface area contributed by atoms with E-state index in [0.717, 1.165) is 25.0 Å². The van der Waals surface area contributed by atoms with Gasteiger partial charge in [-0.05, 0) is 25.7 Å². The van der Waals surface area contributed by atoms with Crippen molar-refractivity contribution < 1.29 is 9.72 Å². The van der Waals surface area contributed by atoms with Crippen molar-refractivity contribution in [2.24, 2.45) is 5.92 Å². The first-order chi connectivity index (χ1) is 9.40. The maximum Gasteiger partial charge on any atom is 0.271 e. The number of nitrogens with two attached hydrogens (primary N) is 1. The zero-order valence-corrected chi connectivity index (χ0v) is 11.8. The van der Waals surface area contributed by atoms with Crippen LogP contribution in [-0.2, 0) is 0 Å². The molecule has 1 amide bonds. The van der Waals surface area contributed by atoms with Gasteiger partial charge in [-0.15, -0.1) is 0 Å². The zero-order valence-electron chi connectivity index (χ0n) is 11.1. The Morgan fingerprint density at radius 2 is 2.20 bits per heavy atom. The standard InChI is InChI=1S/C13H16ClN3O3/c1-7(8-3-2-4-8)16-13(18)10-5-9(17(19)20)6-11(14)12(10)15/h5-8H,2-4,15H2,1H3,(H,16,18). The topological polar surface area (TPSA) is 98.3 Å². The molecule has 1 atom stereocenters. The lowest BCUT2D eigenvalue weighted by molar-refractivity contribution is -0.384. The number of anilines is 1. The predicted octanol–water partition coefficient (Wildman–Crippen LogP) is 2.75. The van der Waals surface area contributed by atoms with Crippen LogP contribution < -0.4 is 11.1 Å². The van der Waals surface area contributed by atoms with Gasteiger partial charge in [0.2, 0.25) is 0 Å². The monoisotopic (exact) mass is 297 g/mol. The first-order valence-corrected chi connectivity index (χ1v) is 6.82. The number of nitro groups is 1. The van der Waals surface area contributed by atoms with Gasteiger partial charge in [-0.3, -0.25) is 14.9 Å². The summed E-state index contributed by atoms with van der Waals surface area (Å²) in [6, 6.07) is 2.32. The van der Waals surface area contributed by atoms with Gasteiger partial charge in [-0.2, -0.15) is 0 Å². The number of non-ortho nitro benzene ring substituents is 1. The molecule has 1 aromatic carbocycles. The summed E-state index contributed by atoms with van der Waals surface area (Å²) < 4.78 is 0. The van der Waals surface area contributed by atoms with Gasteiger partial charge in [-0.1, -0.05) is 18.0 Å². The number of nitrogens with zero attached hydrogens (tertiary/aromatic N) is 1. The number of hydrogen-bond acceptors (Lipinski definition) is 4. The van der Waals surface area contributed by atoms with Gasteiger partial charge in [0.25, 0.3) is 11.6 Å². The number of carbonyl (C=O) groups is 1. The first kappa shape index (κ1) is 14.6. The van der Waals surface area contributed by atoms with E-state index in [1.165, 1.54) is 6.42 Å². The minimum absolute atomic E-state index is 0.0145. The Hall–Kier alpha value is -1.82. The average Bonchev–Trinajstić information content (AvgIpc) is 2.29. The number of nitrogen functional groups attached to an aromatic ring is 1. The van der Waals surface area contributed by atoms with Crippen molar-refractivity contribution in [3.8, 4) is 0 Å². The Morgan fingerprint density at radius 1 is 1.55 bits per heavy atom. The third kappa shape index (κ3) is 2.85. The summed E-state index contributed by atoms with van der Waals surface area (Å²) >= 11 is 5.84. The Morgan fingerprint density at radius 3 is 2.70 bits per heavy atom. The fourth-order valence-corrected chi connectivity index (χ4v) is 2.45. The summed E-state index contributed by atoms with van der Waals surface area (Å²) in [5.74, 6) is 0.0434. The zero-order chi connectivity index (χ0) is 14.9. The molecule has 1 unspecified atom stereocenters. The molecule has 1 aromatic rings. The molecular formula is C13H16ClN3O3. The molecule has 1 aliphatic carbocycles. The predicted molar refractivity (Wildman–Crippen MR) is 76.8 cm³/mol. The molecule has 0 aromatic heterocycles. The van der Waals surface area contributed by atoms with Crippen LogP contribution in [0.4, 0.5) is 11.4 Å². The third-order valence-corrected chi connectivity index (χ3v) is 4.10. The first-order valence-electron chi connectivity index (χ1n) is 6.44. The molecule has 2 rings (SSSR count). The molecule has 0 spiro atoms. The van der Waals surface area contributed by atoms with Crippen LogP contribution in [-0.4, -0.2) is 16.9 Å². The Bertz CT molecular complexity index is 558. The number of carbonyl (C=O) groups excluding carboxylic acids is 1. The van der Waals surface area contributed by atoms with Crippen molar-refractivity contribution in [3.05, 3.63) is 32.8 Å². The summed E-state index contributed by atoms with van der Waals surface area (Å²) in [6.45, 7) is 1.93. The van der Waals surface area contributed by atoms with Crippen molar-refractivity contribution >= 4 is 28.9 Å². The fourth-order valence-electron chi connectivity index (χ4n) is 2.24. The van der Waals surface area contributed by atoms with Gasteiger partial charge in [0.1, 0.15) is 0 Å². The van der Waals surface area contributed by atoms with Crippen molar-refractivity contribution in [2.75, 3.05) is 5.73 Å². The fraction of sp³-hybridized carbons (Fsp3) is 0.462. The van der Waals surface area contributed by atoms with Gasteiger partial charge in [0.05, 0.1) is 21.2 Å². The van der Waals surface area contributed by atoms with E-state index in [2.05, 4.69) is 5.32 Å². The van der Waals surface area contributed by atoms with Crippen molar-refractivity contribution in [1.82, 2.24) is 5.32 Å². The molecule has 0 heterocycles. The summed E-state index contributed by atoms with van der Waals surface area (Å²) in [5.41, 5.74) is 5.61. The molecule has 108 valence electrons. The number of amides is 1. The van der Waals surface area contributed by atoms with E-state index in [9.17, 15) is 14.9 Å². The highest BCUT2D eigenvalue weighted by Gasteiger charge is 2.26. The summed E-state index contributed by atoms with van der Waals surface area (Å²) in [6.07, 6.45) is 3.36. The summed E-state index contributed by atoms with van der Waals surface area (Å²) in [7, 11) is 0. The van der Waals surface area contributed by atoms with E-state index in [-0.39, 0.29) is 28.0 Å². The summed E-state index contributed by atoms with van der Waals surface area (Å²) in [4.78, 5) is 22.4. The highest BCUT2D eigenvalue weighted by Crippen LogP contribution is 2.31. The Labute approximate surface area is 121 Å². The number of nitro benzene ring substituents is 1. The second kappa shape index (κ2) is 5.66. The van der Waals surface area contributed by atoms with E-state index < -0.39 is 10.8 Å². The van der Waals surface area contributed by atoms with Crippen LogP contribution in [0.15, 0.2) is 12.1 Å². The maximum absolute atomic E-state index is 12.2. The van der Waals surface area contributed by atoms with Crippen LogP contribution >= 0.6 is 11.6 Å². The van der Waals surface area contributed by atoms with E-state index in [0.29, 0.717) is 5.92 Å². The molecule has 0 saturated heterocycles. The molecule has 20 heavy (non-hydrogen) atoms. The number of halogens is 1. The van der Waals surface area contributed by atoms with Gasteiger partial charge < -0.3 is 11.1 Å². The largest absolute Gasteiger partial charge is 0.397 e. The second-order valence-corrected chi connectivity index (χ2v) is 5.51. The summed E-state index contributed by atoms with van der Waals surface area (Å²) in [5, 5.41) is 13.6. The lowest BCUT2D eigenvalue weighted by Crippen LogP contribution is -2.40. The number of benzene rings is 1. The van der Waals surface area contributed by atoms with Crippen LogP contribution in [0.1, 0.15) is 36.5 Å². The van der Waals surface area contributed by atoms with Gasteiger partial charge in [0.15, 0.2) is 0 Å². The van der Waals surface area contributed by atoms with Crippen molar-refractivity contribution in [3.63, 3.8) is 0 Å². The van der Waals surface area contributed by atoms with E-state index in [1.54, 1.807) is 0 Å². The van der Waals surface area contributed by atoms with Crippen molar-refractivity contribution in [2.45, 2.75) is 32.2 Å². The minimum atomic E-state index is -0.600. The van der Waals surface area contributed by atoms with Crippen LogP contribution in [0.25, 0.3) is 0 Å².